The minimum absolute atomic E-state index is 0.00939. The van der Waals surface area contributed by atoms with Crippen LogP contribution in [0.5, 0.6) is 5.75 Å². The van der Waals surface area contributed by atoms with E-state index in [-0.39, 0.29) is 11.8 Å². The number of benzene rings is 2. The third-order valence-corrected chi connectivity index (χ3v) is 5.13. The van der Waals surface area contributed by atoms with Crippen LogP contribution in [-0.2, 0) is 0 Å². The highest BCUT2D eigenvalue weighted by Crippen LogP contribution is 2.33. The van der Waals surface area contributed by atoms with Gasteiger partial charge >= 0.3 is 6.36 Å². The van der Waals surface area contributed by atoms with E-state index in [2.05, 4.69) is 43.6 Å². The molecule has 0 radical (unpaired) electrons. The fourth-order valence-electron chi connectivity index (χ4n) is 3.08. The molecule has 3 rings (SSSR count). The van der Waals surface area contributed by atoms with Gasteiger partial charge < -0.3 is 10.1 Å². The summed E-state index contributed by atoms with van der Waals surface area (Å²) in [5.41, 5.74) is 2.12. The predicted molar refractivity (Wildman–Crippen MR) is 98.6 cm³/mol. The van der Waals surface area contributed by atoms with Gasteiger partial charge in [0.2, 0.25) is 0 Å². The van der Waals surface area contributed by atoms with Crippen LogP contribution in [0.2, 0.25) is 0 Å². The number of rotatable bonds is 4. The molecular formula is C18H18F3IN2O. The lowest BCUT2D eigenvalue weighted by Crippen LogP contribution is -2.45. The van der Waals surface area contributed by atoms with Gasteiger partial charge in [0.05, 0.1) is 6.04 Å². The van der Waals surface area contributed by atoms with E-state index < -0.39 is 6.36 Å². The van der Waals surface area contributed by atoms with E-state index >= 15 is 0 Å². The molecule has 1 saturated heterocycles. The molecule has 0 unspecified atom stereocenters. The molecule has 0 bridgehead atoms. The first kappa shape index (κ1) is 18.5. The highest BCUT2D eigenvalue weighted by atomic mass is 127. The number of alkyl halides is 3. The molecule has 1 aliphatic heterocycles. The summed E-state index contributed by atoms with van der Waals surface area (Å²) in [6.45, 7) is 3.57. The molecule has 0 spiro atoms. The van der Waals surface area contributed by atoms with E-state index in [0.29, 0.717) is 0 Å². The van der Waals surface area contributed by atoms with Crippen molar-refractivity contribution in [2.75, 3.05) is 26.2 Å². The van der Waals surface area contributed by atoms with Crippen molar-refractivity contribution in [2.24, 2.45) is 0 Å². The summed E-state index contributed by atoms with van der Waals surface area (Å²) in [4.78, 5) is 2.35. The maximum atomic E-state index is 12.4. The average molecular weight is 462 g/mol. The van der Waals surface area contributed by atoms with Crippen molar-refractivity contribution in [2.45, 2.75) is 12.4 Å². The molecule has 2 aromatic carbocycles. The van der Waals surface area contributed by atoms with Gasteiger partial charge in [-0.3, -0.25) is 4.90 Å². The number of nitrogens with zero attached hydrogens (tertiary/aromatic N) is 1. The van der Waals surface area contributed by atoms with Gasteiger partial charge in [-0.15, -0.1) is 13.2 Å². The molecule has 1 N–H and O–H groups in total. The van der Waals surface area contributed by atoms with Gasteiger partial charge in [0.1, 0.15) is 5.75 Å². The van der Waals surface area contributed by atoms with Gasteiger partial charge in [0.25, 0.3) is 0 Å². The molecule has 3 nitrogen and oxygen atoms in total. The van der Waals surface area contributed by atoms with Crippen molar-refractivity contribution >= 4 is 22.6 Å². The Bertz CT molecular complexity index is 700. The Morgan fingerprint density at radius 1 is 1.00 bits per heavy atom. The van der Waals surface area contributed by atoms with Crippen LogP contribution in [0.3, 0.4) is 0 Å². The second-order valence-corrected chi connectivity index (χ2v) is 6.99. The lowest BCUT2D eigenvalue weighted by Gasteiger charge is -2.36. The first-order valence-corrected chi connectivity index (χ1v) is 9.07. The van der Waals surface area contributed by atoms with E-state index in [0.717, 1.165) is 40.9 Å². The van der Waals surface area contributed by atoms with Crippen LogP contribution in [0.15, 0.2) is 48.5 Å². The molecule has 0 saturated carbocycles. The number of hydrogen-bond donors (Lipinski definition) is 1. The molecule has 1 atom stereocenters. The van der Waals surface area contributed by atoms with Gasteiger partial charge in [-0.05, 0) is 51.9 Å². The van der Waals surface area contributed by atoms with E-state index in [4.69, 9.17) is 0 Å². The van der Waals surface area contributed by atoms with Gasteiger partial charge in [-0.2, -0.15) is 0 Å². The number of hydrogen-bond acceptors (Lipinski definition) is 3. The Morgan fingerprint density at radius 3 is 2.24 bits per heavy atom. The normalized spacial score (nSPS) is 17.3. The molecule has 134 valence electrons. The molecule has 0 aromatic heterocycles. The van der Waals surface area contributed by atoms with Crippen molar-refractivity contribution < 1.29 is 17.9 Å². The molecule has 1 heterocycles. The first-order valence-electron chi connectivity index (χ1n) is 7.99. The van der Waals surface area contributed by atoms with Crippen molar-refractivity contribution in [1.29, 1.82) is 0 Å². The fourth-order valence-corrected chi connectivity index (χ4v) is 3.76. The highest BCUT2D eigenvalue weighted by molar-refractivity contribution is 14.1. The molecule has 0 aliphatic carbocycles. The summed E-state index contributed by atoms with van der Waals surface area (Å²) in [6, 6.07) is 14.3. The van der Waals surface area contributed by atoms with Crippen LogP contribution in [0, 0.1) is 3.57 Å². The van der Waals surface area contributed by atoms with Crippen molar-refractivity contribution in [3.63, 3.8) is 0 Å². The Labute approximate surface area is 158 Å². The summed E-state index contributed by atoms with van der Waals surface area (Å²) in [6.07, 6.45) is -4.67. The molecule has 0 amide bonds. The van der Waals surface area contributed by atoms with Crippen molar-refractivity contribution in [3.05, 3.63) is 63.2 Å². The van der Waals surface area contributed by atoms with E-state index in [1.807, 2.05) is 18.2 Å². The topological polar surface area (TPSA) is 24.5 Å². The highest BCUT2D eigenvalue weighted by Gasteiger charge is 2.31. The Balaban J connectivity index is 1.93. The molecule has 25 heavy (non-hydrogen) atoms. The van der Waals surface area contributed by atoms with Crippen LogP contribution < -0.4 is 10.1 Å². The summed E-state index contributed by atoms with van der Waals surface area (Å²) in [5.74, 6) is -0.196. The predicted octanol–water partition coefficient (Wildman–Crippen LogP) is 4.18. The van der Waals surface area contributed by atoms with Gasteiger partial charge in [0.15, 0.2) is 0 Å². The van der Waals surface area contributed by atoms with Crippen LogP contribution >= 0.6 is 22.6 Å². The number of ether oxygens (including phenoxy) is 1. The van der Waals surface area contributed by atoms with E-state index in [1.165, 1.54) is 12.1 Å². The van der Waals surface area contributed by atoms with E-state index in [1.54, 1.807) is 12.1 Å². The standard InChI is InChI=1S/C18H18F3IN2O/c19-18(20,21)25-14-7-5-13(6-8-14)17(24-11-9-23-10-12-24)15-3-1-2-4-16(15)22/h1-8,17,23H,9-12H2/t17-/m1/s1. The fraction of sp³-hybridized carbons (Fsp3) is 0.333. The minimum atomic E-state index is -4.67. The van der Waals surface area contributed by atoms with Crippen molar-refractivity contribution in [1.82, 2.24) is 10.2 Å². The van der Waals surface area contributed by atoms with Crippen LogP contribution in [0.4, 0.5) is 13.2 Å². The molecular weight excluding hydrogens is 444 g/mol. The monoisotopic (exact) mass is 462 g/mol. The number of nitrogens with one attached hydrogen (secondary N) is 1. The zero-order valence-corrected chi connectivity index (χ0v) is 15.5. The Hall–Kier alpha value is -1.32. The first-order chi connectivity index (χ1) is 11.9. The van der Waals surface area contributed by atoms with Crippen LogP contribution in [0.1, 0.15) is 17.2 Å². The van der Waals surface area contributed by atoms with Crippen LogP contribution in [0.25, 0.3) is 0 Å². The van der Waals surface area contributed by atoms with Gasteiger partial charge in [-0.1, -0.05) is 30.3 Å². The summed E-state index contributed by atoms with van der Waals surface area (Å²) >= 11 is 2.31. The maximum Gasteiger partial charge on any atom is 0.573 e. The second-order valence-electron chi connectivity index (χ2n) is 5.83. The number of piperazine rings is 1. The molecule has 7 heteroatoms. The third kappa shape index (κ3) is 4.86. The summed E-state index contributed by atoms with van der Waals surface area (Å²) in [7, 11) is 0. The number of halogens is 4. The summed E-state index contributed by atoms with van der Waals surface area (Å²) in [5, 5.41) is 3.33. The molecule has 1 aliphatic rings. The lowest BCUT2D eigenvalue weighted by molar-refractivity contribution is -0.274. The van der Waals surface area contributed by atoms with Gasteiger partial charge in [-0.25, -0.2) is 0 Å². The molecule has 2 aromatic rings. The largest absolute Gasteiger partial charge is 0.573 e. The van der Waals surface area contributed by atoms with Crippen LogP contribution in [-0.4, -0.2) is 37.4 Å². The third-order valence-electron chi connectivity index (χ3n) is 4.15. The Kier molecular flexibility index (Phi) is 5.85. The zero-order chi connectivity index (χ0) is 17.9. The average Bonchev–Trinajstić information content (AvgIpc) is 2.58. The smallest absolute Gasteiger partial charge is 0.406 e. The maximum absolute atomic E-state index is 12.4. The second kappa shape index (κ2) is 7.92. The Morgan fingerprint density at radius 2 is 1.64 bits per heavy atom. The zero-order valence-electron chi connectivity index (χ0n) is 13.4. The SMILES string of the molecule is FC(F)(F)Oc1ccc([C@H](c2ccccc2I)N2CCNCC2)cc1. The minimum Gasteiger partial charge on any atom is -0.406 e. The van der Waals surface area contributed by atoms with Gasteiger partial charge in [0, 0.05) is 29.7 Å². The van der Waals surface area contributed by atoms with Crippen molar-refractivity contribution in [3.8, 4) is 5.75 Å². The molecule has 1 fully saturated rings. The quantitative estimate of drug-likeness (QED) is 0.691. The van der Waals surface area contributed by atoms with E-state index in [9.17, 15) is 13.2 Å². The lowest BCUT2D eigenvalue weighted by atomic mass is 9.96. The summed E-state index contributed by atoms with van der Waals surface area (Å²) < 4.78 is 42.2.